The summed E-state index contributed by atoms with van der Waals surface area (Å²) in [4.78, 5) is 1.13. The van der Waals surface area contributed by atoms with Gasteiger partial charge in [0, 0.05) is 14.7 Å². The molecule has 0 fully saturated rings. The summed E-state index contributed by atoms with van der Waals surface area (Å²) in [5.74, 6) is 0. The molecule has 0 aliphatic rings. The molecule has 0 saturated carbocycles. The minimum atomic E-state index is -5.91. The number of alkyl halides is 3. The van der Waals surface area contributed by atoms with E-state index >= 15 is 0 Å². The van der Waals surface area contributed by atoms with Gasteiger partial charge in [0.1, 0.15) is 0 Å². The lowest BCUT2D eigenvalue weighted by Gasteiger charge is -2.39. The normalized spacial score (nSPS) is 13.2. The van der Waals surface area contributed by atoms with Crippen LogP contribution in [-0.2, 0) is 33.0 Å². The van der Waals surface area contributed by atoms with Crippen molar-refractivity contribution in [1.29, 1.82) is 0 Å². The first-order valence-electron chi connectivity index (χ1n) is 10.7. The summed E-state index contributed by atoms with van der Waals surface area (Å²) >= 11 is 0. The maximum atomic E-state index is 13.6. The first-order valence-corrected chi connectivity index (χ1v) is 13.7. The predicted octanol–water partition coefficient (Wildman–Crippen LogP) is 7.44. The van der Waals surface area contributed by atoms with Crippen LogP contribution < -0.4 is 0 Å². The minimum absolute atomic E-state index is 0.376. The van der Waals surface area contributed by atoms with Crippen LogP contribution in [0.2, 0.25) is 0 Å². The van der Waals surface area contributed by atoms with Gasteiger partial charge in [0.2, 0.25) is 0 Å². The smallest absolute Gasteiger partial charge is 0.200 e. The van der Waals surface area contributed by atoms with Crippen LogP contribution in [0.4, 0.5) is 13.2 Å². The van der Waals surface area contributed by atoms with E-state index in [0.717, 1.165) is 36.0 Å². The van der Waals surface area contributed by atoms with Gasteiger partial charge >= 0.3 is 15.6 Å². The van der Waals surface area contributed by atoms with E-state index in [1.165, 1.54) is 0 Å². The Balaban J connectivity index is 2.37. The molecule has 0 heterocycles. The molecule has 0 atom stereocenters. The van der Waals surface area contributed by atoms with Gasteiger partial charge in [-0.2, -0.15) is 25.2 Å². The molecular formula is C25H27F3O3S2. The van der Waals surface area contributed by atoms with E-state index in [9.17, 15) is 21.6 Å². The third-order valence-electron chi connectivity index (χ3n) is 5.47. The molecule has 0 N–H and O–H groups in total. The van der Waals surface area contributed by atoms with Gasteiger partial charge in [-0.15, -0.1) is 0 Å². The molecule has 0 saturated heterocycles. The van der Waals surface area contributed by atoms with Crippen molar-refractivity contribution in [3.8, 4) is 0 Å². The molecule has 3 nitrogen and oxygen atoms in total. The summed E-state index contributed by atoms with van der Waals surface area (Å²) in [5, 5.41) is 0. The Morgan fingerprint density at radius 2 is 0.879 bits per heavy atom. The van der Waals surface area contributed by atoms with E-state index in [1.807, 2.05) is 20.8 Å². The number of benzene rings is 3. The number of halogens is 3. The zero-order valence-electron chi connectivity index (χ0n) is 18.7. The van der Waals surface area contributed by atoms with E-state index < -0.39 is 25.9 Å². The highest BCUT2D eigenvalue weighted by atomic mass is 32.3. The summed E-state index contributed by atoms with van der Waals surface area (Å²) in [7, 11) is -9.17. The molecule has 3 aromatic carbocycles. The van der Waals surface area contributed by atoms with Crippen molar-refractivity contribution in [1.82, 2.24) is 0 Å². The Kier molecular flexibility index (Phi) is 7.61. The molecule has 0 aliphatic heterocycles. The summed E-state index contributed by atoms with van der Waals surface area (Å²) in [5.41, 5.74) is -2.61. The van der Waals surface area contributed by atoms with Gasteiger partial charge in [-0.3, -0.25) is 0 Å². The second-order valence-electron chi connectivity index (χ2n) is 7.52. The zero-order valence-corrected chi connectivity index (χ0v) is 20.4. The van der Waals surface area contributed by atoms with E-state index in [1.54, 1.807) is 72.8 Å². The highest BCUT2D eigenvalue weighted by Gasteiger charge is 2.52. The van der Waals surface area contributed by atoms with Gasteiger partial charge in [0.25, 0.3) is 0 Å². The van der Waals surface area contributed by atoms with Crippen LogP contribution in [0.5, 0.6) is 0 Å². The molecule has 33 heavy (non-hydrogen) atoms. The van der Waals surface area contributed by atoms with Crippen LogP contribution >= 0.6 is 10.3 Å². The van der Waals surface area contributed by atoms with Crippen LogP contribution in [0, 0.1) is 0 Å². The molecular weight excluding hydrogens is 469 g/mol. The van der Waals surface area contributed by atoms with Crippen LogP contribution in [0.25, 0.3) is 0 Å². The number of hydrogen-bond donors (Lipinski definition) is 0. The topological polar surface area (TPSA) is 43.4 Å². The second kappa shape index (κ2) is 9.91. The lowest BCUT2D eigenvalue weighted by Crippen LogP contribution is -2.27. The fraction of sp³-hybridized carbons (Fsp3) is 0.280. The standard InChI is InChI=1S/C25H27F3O3S2/c1-4-19-7-13-22(14-8-19)32(31-33(29,30)25(26,27)28,23-15-9-20(5-2)10-16-23)24-17-11-21(6-3)12-18-24/h7-18H,4-6H2,1-3H3. The maximum Gasteiger partial charge on any atom is 0.524 e. The number of hydrogen-bond acceptors (Lipinski definition) is 3. The molecule has 3 aromatic rings. The number of aryl methyl sites for hydroxylation is 3. The highest BCUT2D eigenvalue weighted by molar-refractivity contribution is 8.33. The van der Waals surface area contributed by atoms with Crippen molar-refractivity contribution in [2.45, 2.75) is 60.2 Å². The molecule has 0 spiro atoms. The lowest BCUT2D eigenvalue weighted by atomic mass is 10.2. The highest BCUT2D eigenvalue weighted by Crippen LogP contribution is 2.70. The predicted molar refractivity (Wildman–Crippen MR) is 126 cm³/mol. The average molecular weight is 497 g/mol. The van der Waals surface area contributed by atoms with Gasteiger partial charge in [-0.1, -0.05) is 57.2 Å². The van der Waals surface area contributed by atoms with E-state index in [2.05, 4.69) is 0 Å². The van der Waals surface area contributed by atoms with Gasteiger partial charge in [-0.25, -0.2) is 0 Å². The van der Waals surface area contributed by atoms with Gasteiger partial charge < -0.3 is 0 Å². The van der Waals surface area contributed by atoms with Crippen molar-refractivity contribution in [3.63, 3.8) is 0 Å². The molecule has 8 heteroatoms. The van der Waals surface area contributed by atoms with Gasteiger partial charge in [0.15, 0.2) is 0 Å². The molecule has 0 unspecified atom stereocenters. The fourth-order valence-electron chi connectivity index (χ4n) is 3.45. The average Bonchev–Trinajstić information content (AvgIpc) is 2.82. The summed E-state index contributed by atoms with van der Waals surface area (Å²) < 4.78 is 70.9. The third-order valence-corrected chi connectivity index (χ3v) is 10.4. The Bertz CT molecular complexity index is 1050. The van der Waals surface area contributed by atoms with E-state index in [4.69, 9.17) is 3.63 Å². The van der Waals surface area contributed by atoms with Crippen LogP contribution in [-0.4, -0.2) is 13.9 Å². The quantitative estimate of drug-likeness (QED) is 0.305. The Morgan fingerprint density at radius 1 is 0.606 bits per heavy atom. The largest absolute Gasteiger partial charge is 0.524 e. The Labute approximate surface area is 195 Å². The van der Waals surface area contributed by atoms with E-state index in [0.29, 0.717) is 14.7 Å². The summed E-state index contributed by atoms with van der Waals surface area (Å²) in [6.07, 6.45) is 2.21. The Morgan fingerprint density at radius 3 is 1.09 bits per heavy atom. The molecule has 0 amide bonds. The fourth-order valence-corrected chi connectivity index (χ4v) is 8.15. The SMILES string of the molecule is CCc1ccc(S(OS(=O)(=O)C(F)(F)F)(c2ccc(CC)cc2)c2ccc(CC)cc2)cc1. The van der Waals surface area contributed by atoms with Crippen molar-refractivity contribution in [2.75, 3.05) is 0 Å². The second-order valence-corrected chi connectivity index (χ2v) is 12.0. The number of rotatable bonds is 8. The van der Waals surface area contributed by atoms with Crippen LogP contribution in [0.3, 0.4) is 0 Å². The van der Waals surface area contributed by atoms with Crippen LogP contribution in [0.15, 0.2) is 87.5 Å². The molecule has 0 aliphatic carbocycles. The lowest BCUT2D eigenvalue weighted by molar-refractivity contribution is -0.0496. The summed E-state index contributed by atoms with van der Waals surface area (Å²) in [6.45, 7) is 5.89. The maximum absolute atomic E-state index is 13.6. The van der Waals surface area contributed by atoms with Crippen molar-refractivity contribution < 1.29 is 25.2 Å². The molecule has 0 radical (unpaired) electrons. The molecule has 0 aromatic heterocycles. The first-order chi connectivity index (χ1) is 15.6. The monoisotopic (exact) mass is 496 g/mol. The van der Waals surface area contributed by atoms with Crippen molar-refractivity contribution in [3.05, 3.63) is 89.5 Å². The van der Waals surface area contributed by atoms with Gasteiger partial charge in [0.05, 0.1) is 0 Å². The van der Waals surface area contributed by atoms with E-state index in [-0.39, 0.29) is 0 Å². The molecule has 178 valence electrons. The Hall–Kier alpha value is -2.29. The van der Waals surface area contributed by atoms with Crippen LogP contribution in [0.1, 0.15) is 37.5 Å². The van der Waals surface area contributed by atoms with Crippen molar-refractivity contribution >= 4 is 20.4 Å². The molecule has 0 bridgehead atoms. The van der Waals surface area contributed by atoms with Crippen molar-refractivity contribution in [2.24, 2.45) is 0 Å². The summed E-state index contributed by atoms with van der Waals surface area (Å²) in [6, 6.07) is 20.8. The zero-order chi connectivity index (χ0) is 24.3. The third kappa shape index (κ3) is 5.13. The minimum Gasteiger partial charge on any atom is -0.200 e. The first kappa shape index (κ1) is 25.3. The molecule has 3 rings (SSSR count). The van der Waals surface area contributed by atoms with Gasteiger partial charge in [-0.05, 0) is 82.7 Å².